The molecule has 178 valence electrons. The molecular formula is C29H52OSi. The largest absolute Gasteiger partial charge is 0.417 e. The Morgan fingerprint density at radius 1 is 1.00 bits per heavy atom. The van der Waals surface area contributed by atoms with Gasteiger partial charge in [-0.05, 0) is 111 Å². The summed E-state index contributed by atoms with van der Waals surface area (Å²) in [7, 11) is -0.930. The maximum Gasteiger partial charge on any atom is 0.171 e. The van der Waals surface area contributed by atoms with Gasteiger partial charge in [-0.25, -0.2) is 0 Å². The predicted molar refractivity (Wildman–Crippen MR) is 137 cm³/mol. The van der Waals surface area contributed by atoms with Gasteiger partial charge in [-0.3, -0.25) is 0 Å². The third-order valence-corrected chi connectivity index (χ3v) is 11.7. The van der Waals surface area contributed by atoms with Crippen LogP contribution in [0.15, 0.2) is 11.6 Å². The number of allylic oxidation sites excluding steroid dienone is 1. The van der Waals surface area contributed by atoms with Crippen LogP contribution >= 0.6 is 0 Å². The highest BCUT2D eigenvalue weighted by Crippen LogP contribution is 2.67. The van der Waals surface area contributed by atoms with Crippen molar-refractivity contribution in [2.75, 3.05) is 0 Å². The van der Waals surface area contributed by atoms with Gasteiger partial charge in [0.2, 0.25) is 0 Å². The second-order valence-corrected chi connectivity index (χ2v) is 15.7. The van der Waals surface area contributed by atoms with E-state index in [9.17, 15) is 0 Å². The van der Waals surface area contributed by atoms with Crippen molar-refractivity contribution in [2.45, 2.75) is 124 Å². The van der Waals surface area contributed by atoms with Crippen LogP contribution in [0, 0.1) is 46.3 Å². The summed E-state index contributed by atoms with van der Waals surface area (Å²) in [6.45, 7) is 17.4. The van der Waals surface area contributed by atoms with Gasteiger partial charge in [-0.1, -0.05) is 65.5 Å². The minimum absolute atomic E-state index is 0.476. The standard InChI is InChI=1S/C29H52OSi/c1-20(2)9-8-10-21(3)25-13-14-26-24-12-11-22-19-23(30-31(6)7)15-17-28(22,4)27(24)16-18-29(25,26)5/h11,20-21,23-27,31H,8-10,12-19H2,1-7H3/t21?,23-,24-,25+,26-,27-,28-,29+/m0/s1. The molecule has 1 nitrogen and oxygen atoms in total. The van der Waals surface area contributed by atoms with Crippen LogP contribution in [-0.4, -0.2) is 15.1 Å². The molecule has 0 bridgehead atoms. The highest BCUT2D eigenvalue weighted by Gasteiger charge is 2.59. The average Bonchev–Trinajstić information content (AvgIpc) is 3.05. The second kappa shape index (κ2) is 9.28. The minimum Gasteiger partial charge on any atom is -0.417 e. The Hall–Kier alpha value is -0.0831. The first-order valence-electron chi connectivity index (χ1n) is 14.0. The van der Waals surface area contributed by atoms with Gasteiger partial charge in [0.15, 0.2) is 9.04 Å². The minimum atomic E-state index is -0.930. The third-order valence-electron chi connectivity index (χ3n) is 10.7. The quantitative estimate of drug-likeness (QED) is 0.283. The molecule has 0 aromatic rings. The summed E-state index contributed by atoms with van der Waals surface area (Å²) in [6.07, 6.45) is 18.9. The van der Waals surface area contributed by atoms with E-state index in [1.54, 1.807) is 5.57 Å². The summed E-state index contributed by atoms with van der Waals surface area (Å²) in [4.78, 5) is 0. The van der Waals surface area contributed by atoms with Crippen molar-refractivity contribution < 1.29 is 4.43 Å². The molecule has 8 atom stereocenters. The Labute approximate surface area is 195 Å². The number of fused-ring (bicyclic) bond motifs is 5. The third kappa shape index (κ3) is 4.51. The van der Waals surface area contributed by atoms with Crippen molar-refractivity contribution in [3.63, 3.8) is 0 Å². The van der Waals surface area contributed by atoms with Crippen LogP contribution in [0.1, 0.15) is 105 Å². The number of rotatable bonds is 7. The lowest BCUT2D eigenvalue weighted by Gasteiger charge is -2.58. The summed E-state index contributed by atoms with van der Waals surface area (Å²) >= 11 is 0. The average molecular weight is 445 g/mol. The molecule has 0 N–H and O–H groups in total. The molecule has 4 aliphatic carbocycles. The van der Waals surface area contributed by atoms with E-state index < -0.39 is 9.04 Å². The normalized spacial score (nSPS) is 43.4. The number of hydrogen-bond donors (Lipinski definition) is 0. The fourth-order valence-electron chi connectivity index (χ4n) is 9.15. The maximum atomic E-state index is 6.39. The van der Waals surface area contributed by atoms with Crippen LogP contribution in [0.5, 0.6) is 0 Å². The lowest BCUT2D eigenvalue weighted by atomic mass is 9.47. The fourth-order valence-corrected chi connectivity index (χ4v) is 10.2. The maximum absolute atomic E-state index is 6.39. The van der Waals surface area contributed by atoms with E-state index in [0.717, 1.165) is 35.5 Å². The van der Waals surface area contributed by atoms with Crippen LogP contribution in [0.4, 0.5) is 0 Å². The summed E-state index contributed by atoms with van der Waals surface area (Å²) in [6, 6.07) is 0. The van der Waals surface area contributed by atoms with Gasteiger partial charge in [0.25, 0.3) is 0 Å². The van der Waals surface area contributed by atoms with E-state index in [-0.39, 0.29) is 0 Å². The summed E-state index contributed by atoms with van der Waals surface area (Å²) in [5.74, 6) is 5.64. The van der Waals surface area contributed by atoms with Gasteiger partial charge in [0.05, 0.1) is 0 Å². The molecule has 3 fully saturated rings. The van der Waals surface area contributed by atoms with Crippen LogP contribution in [-0.2, 0) is 4.43 Å². The Balaban J connectivity index is 1.46. The molecule has 0 aromatic heterocycles. The van der Waals surface area contributed by atoms with E-state index in [4.69, 9.17) is 4.43 Å². The molecule has 0 amide bonds. The van der Waals surface area contributed by atoms with Crippen molar-refractivity contribution in [2.24, 2.45) is 46.3 Å². The first-order valence-corrected chi connectivity index (χ1v) is 16.8. The summed E-state index contributed by atoms with van der Waals surface area (Å²) in [5.41, 5.74) is 2.88. The molecule has 0 saturated heterocycles. The fraction of sp³-hybridized carbons (Fsp3) is 0.931. The van der Waals surface area contributed by atoms with Crippen molar-refractivity contribution in [3.8, 4) is 0 Å². The van der Waals surface area contributed by atoms with E-state index in [1.807, 2.05) is 0 Å². The Morgan fingerprint density at radius 2 is 1.77 bits per heavy atom. The first kappa shape index (κ1) is 24.1. The lowest BCUT2D eigenvalue weighted by Crippen LogP contribution is -2.51. The molecule has 0 spiro atoms. The SMILES string of the molecule is CC(C)CCCC(C)[C@H]1CC[C@H]2[C@@H]3CC=C4C[C@@H](O[SiH](C)C)CC[C@]4(C)[C@H]3CC[C@]12C. The van der Waals surface area contributed by atoms with Gasteiger partial charge >= 0.3 is 0 Å². The van der Waals surface area contributed by atoms with Crippen molar-refractivity contribution in [1.82, 2.24) is 0 Å². The zero-order valence-electron chi connectivity index (χ0n) is 21.9. The molecule has 3 saturated carbocycles. The van der Waals surface area contributed by atoms with Gasteiger partial charge in [0.1, 0.15) is 0 Å². The molecule has 31 heavy (non-hydrogen) atoms. The monoisotopic (exact) mass is 444 g/mol. The highest BCUT2D eigenvalue weighted by atomic mass is 28.3. The van der Waals surface area contributed by atoms with Crippen molar-refractivity contribution in [3.05, 3.63) is 11.6 Å². The summed E-state index contributed by atoms with van der Waals surface area (Å²) in [5, 5.41) is 0. The molecule has 0 heterocycles. The van der Waals surface area contributed by atoms with E-state index in [1.165, 1.54) is 70.6 Å². The Bertz CT molecular complexity index is 653. The van der Waals surface area contributed by atoms with Gasteiger partial charge in [-0.15, -0.1) is 0 Å². The van der Waals surface area contributed by atoms with Gasteiger partial charge < -0.3 is 4.43 Å². The first-order chi connectivity index (χ1) is 14.6. The summed E-state index contributed by atoms with van der Waals surface area (Å²) < 4.78 is 6.39. The molecule has 0 aromatic carbocycles. The predicted octanol–water partition coefficient (Wildman–Crippen LogP) is 8.40. The van der Waals surface area contributed by atoms with Crippen LogP contribution in [0.2, 0.25) is 13.1 Å². The van der Waals surface area contributed by atoms with Gasteiger partial charge in [-0.2, -0.15) is 0 Å². The molecule has 4 aliphatic rings. The van der Waals surface area contributed by atoms with Crippen molar-refractivity contribution in [1.29, 1.82) is 0 Å². The molecule has 0 radical (unpaired) electrons. The Kier molecular flexibility index (Phi) is 7.20. The van der Waals surface area contributed by atoms with Crippen LogP contribution < -0.4 is 0 Å². The molecule has 2 heteroatoms. The second-order valence-electron chi connectivity index (χ2n) is 13.3. The van der Waals surface area contributed by atoms with Gasteiger partial charge in [0, 0.05) is 6.10 Å². The zero-order valence-corrected chi connectivity index (χ0v) is 23.0. The lowest BCUT2D eigenvalue weighted by molar-refractivity contribution is -0.0560. The zero-order chi connectivity index (χ0) is 22.4. The van der Waals surface area contributed by atoms with E-state index in [0.29, 0.717) is 16.9 Å². The van der Waals surface area contributed by atoms with E-state index >= 15 is 0 Å². The molecule has 0 aliphatic heterocycles. The Morgan fingerprint density at radius 3 is 2.48 bits per heavy atom. The van der Waals surface area contributed by atoms with Crippen LogP contribution in [0.3, 0.4) is 0 Å². The topological polar surface area (TPSA) is 9.23 Å². The molecular weight excluding hydrogens is 392 g/mol. The molecule has 1 unspecified atom stereocenters. The van der Waals surface area contributed by atoms with Crippen LogP contribution in [0.25, 0.3) is 0 Å². The molecule has 4 rings (SSSR count). The smallest absolute Gasteiger partial charge is 0.171 e. The number of hydrogen-bond acceptors (Lipinski definition) is 1. The highest BCUT2D eigenvalue weighted by molar-refractivity contribution is 6.48. The van der Waals surface area contributed by atoms with E-state index in [2.05, 4.69) is 53.8 Å². The van der Waals surface area contributed by atoms with Crippen molar-refractivity contribution >= 4 is 9.04 Å².